The molecule has 2 heterocycles. The predicted octanol–water partition coefficient (Wildman–Crippen LogP) is 5.39. The zero-order valence-corrected chi connectivity index (χ0v) is 19.6. The van der Waals surface area contributed by atoms with Crippen LogP contribution >= 0.6 is 11.3 Å². The van der Waals surface area contributed by atoms with Crippen LogP contribution in [-0.2, 0) is 4.79 Å². The molecule has 3 aromatic rings. The predicted molar refractivity (Wildman–Crippen MR) is 132 cm³/mol. The Balaban J connectivity index is 1.81. The van der Waals surface area contributed by atoms with Crippen molar-refractivity contribution in [3.63, 3.8) is 0 Å². The van der Waals surface area contributed by atoms with E-state index in [1.807, 2.05) is 24.3 Å². The number of amides is 1. The molecule has 1 aliphatic rings. The van der Waals surface area contributed by atoms with Crippen LogP contribution in [0.15, 0.2) is 77.4 Å². The van der Waals surface area contributed by atoms with Gasteiger partial charge in [0.05, 0.1) is 23.6 Å². The molecule has 0 radical (unpaired) electrons. The van der Waals surface area contributed by atoms with Crippen LogP contribution in [0.1, 0.15) is 35.1 Å². The summed E-state index contributed by atoms with van der Waals surface area (Å²) in [4.78, 5) is 30.8. The molecule has 1 aliphatic heterocycles. The standard InChI is InChI=1S/C26H26N2O4S/c1-4-27(5-2)18-10-8-17(9-11-18)23-22(24(29)21-7-6-16-33-21)25(30)26(31)28(23)19-12-14-20(32-3)15-13-19/h6-16,23,30H,4-5H2,1-3H3. The molecule has 0 saturated carbocycles. The molecule has 2 aromatic carbocycles. The zero-order valence-electron chi connectivity index (χ0n) is 18.8. The van der Waals surface area contributed by atoms with Gasteiger partial charge in [-0.25, -0.2) is 0 Å². The third kappa shape index (κ3) is 4.12. The van der Waals surface area contributed by atoms with Crippen molar-refractivity contribution in [1.29, 1.82) is 0 Å². The molecule has 1 atom stereocenters. The van der Waals surface area contributed by atoms with Crippen molar-refractivity contribution in [3.8, 4) is 5.75 Å². The van der Waals surface area contributed by atoms with Gasteiger partial charge in [-0.3, -0.25) is 14.5 Å². The quantitative estimate of drug-likeness (QED) is 0.455. The molecule has 0 bridgehead atoms. The first-order valence-electron chi connectivity index (χ1n) is 10.8. The van der Waals surface area contributed by atoms with Gasteiger partial charge in [0.2, 0.25) is 5.78 Å². The van der Waals surface area contributed by atoms with Gasteiger partial charge in [-0.15, -0.1) is 11.3 Å². The lowest BCUT2D eigenvalue weighted by Crippen LogP contribution is -2.31. The maximum absolute atomic E-state index is 13.4. The maximum Gasteiger partial charge on any atom is 0.294 e. The van der Waals surface area contributed by atoms with Crippen molar-refractivity contribution in [1.82, 2.24) is 0 Å². The number of nitrogens with zero attached hydrogens (tertiary/aromatic N) is 2. The molecule has 33 heavy (non-hydrogen) atoms. The highest BCUT2D eigenvalue weighted by molar-refractivity contribution is 7.12. The van der Waals surface area contributed by atoms with Gasteiger partial charge < -0.3 is 14.7 Å². The number of ketones is 1. The number of thiophene rings is 1. The van der Waals surface area contributed by atoms with Crippen LogP contribution in [0, 0.1) is 0 Å². The van der Waals surface area contributed by atoms with Crippen molar-refractivity contribution in [2.45, 2.75) is 19.9 Å². The number of carbonyl (C=O) groups is 2. The van der Waals surface area contributed by atoms with Crippen molar-refractivity contribution in [3.05, 3.63) is 87.8 Å². The Morgan fingerprint density at radius 3 is 2.27 bits per heavy atom. The number of hydrogen-bond acceptors (Lipinski definition) is 6. The second-order valence-electron chi connectivity index (χ2n) is 7.61. The Morgan fingerprint density at radius 2 is 1.73 bits per heavy atom. The van der Waals surface area contributed by atoms with E-state index in [1.165, 1.54) is 16.2 Å². The highest BCUT2D eigenvalue weighted by Gasteiger charge is 2.44. The molecular weight excluding hydrogens is 436 g/mol. The summed E-state index contributed by atoms with van der Waals surface area (Å²) in [5, 5.41) is 12.7. The smallest absolute Gasteiger partial charge is 0.294 e. The van der Waals surface area contributed by atoms with Gasteiger partial charge in [0.25, 0.3) is 5.91 Å². The van der Waals surface area contributed by atoms with E-state index >= 15 is 0 Å². The number of benzene rings is 2. The van der Waals surface area contributed by atoms with Gasteiger partial charge >= 0.3 is 0 Å². The monoisotopic (exact) mass is 462 g/mol. The fourth-order valence-corrected chi connectivity index (χ4v) is 4.84. The van der Waals surface area contributed by atoms with Crippen LogP contribution < -0.4 is 14.5 Å². The van der Waals surface area contributed by atoms with Gasteiger partial charge in [0.15, 0.2) is 5.76 Å². The van der Waals surface area contributed by atoms with Crippen LogP contribution in [0.25, 0.3) is 0 Å². The molecule has 0 saturated heterocycles. The van der Waals surface area contributed by atoms with Gasteiger partial charge in [0, 0.05) is 24.5 Å². The molecule has 0 spiro atoms. The first kappa shape index (κ1) is 22.6. The SMILES string of the molecule is CCN(CC)c1ccc(C2C(C(=O)c3cccs3)=C(O)C(=O)N2c2ccc(OC)cc2)cc1. The number of hydrogen-bond donors (Lipinski definition) is 1. The number of aliphatic hydroxyl groups is 1. The Morgan fingerprint density at radius 1 is 1.06 bits per heavy atom. The minimum Gasteiger partial charge on any atom is -0.503 e. The summed E-state index contributed by atoms with van der Waals surface area (Å²) in [6.07, 6.45) is 0. The van der Waals surface area contributed by atoms with Gasteiger partial charge in [-0.1, -0.05) is 18.2 Å². The molecule has 1 amide bonds. The van der Waals surface area contributed by atoms with E-state index in [0.717, 1.165) is 24.3 Å². The number of aliphatic hydroxyl groups excluding tert-OH is 1. The second-order valence-corrected chi connectivity index (χ2v) is 8.56. The van der Waals surface area contributed by atoms with E-state index in [4.69, 9.17) is 4.74 Å². The number of methoxy groups -OCH3 is 1. The van der Waals surface area contributed by atoms with Gasteiger partial charge in [0.1, 0.15) is 5.75 Å². The third-order valence-electron chi connectivity index (χ3n) is 5.89. The molecule has 6 nitrogen and oxygen atoms in total. The van der Waals surface area contributed by atoms with E-state index in [1.54, 1.807) is 48.9 Å². The van der Waals surface area contributed by atoms with Crippen LogP contribution in [0.2, 0.25) is 0 Å². The topological polar surface area (TPSA) is 70.1 Å². The number of anilines is 2. The Labute approximate surface area is 197 Å². The van der Waals surface area contributed by atoms with Gasteiger partial charge in [-0.05, 0) is 67.3 Å². The summed E-state index contributed by atoms with van der Waals surface area (Å²) in [6.45, 7) is 5.94. The summed E-state index contributed by atoms with van der Waals surface area (Å²) in [6, 6.07) is 17.5. The third-order valence-corrected chi connectivity index (χ3v) is 6.75. The summed E-state index contributed by atoms with van der Waals surface area (Å²) >= 11 is 1.28. The Kier molecular flexibility index (Phi) is 6.51. The fourth-order valence-electron chi connectivity index (χ4n) is 4.16. The molecule has 0 aliphatic carbocycles. The molecule has 1 N–H and O–H groups in total. The molecule has 1 aromatic heterocycles. The van der Waals surface area contributed by atoms with Crippen LogP contribution in [0.4, 0.5) is 11.4 Å². The summed E-state index contributed by atoms with van der Waals surface area (Å²) in [7, 11) is 1.57. The number of ether oxygens (including phenoxy) is 1. The van der Waals surface area contributed by atoms with Crippen LogP contribution in [0.5, 0.6) is 5.75 Å². The first-order chi connectivity index (χ1) is 16.0. The molecule has 0 fully saturated rings. The number of rotatable bonds is 8. The van der Waals surface area contributed by atoms with E-state index in [0.29, 0.717) is 16.3 Å². The minimum absolute atomic E-state index is 0.0915. The lowest BCUT2D eigenvalue weighted by atomic mass is 9.95. The molecule has 4 rings (SSSR count). The fraction of sp³-hybridized carbons (Fsp3) is 0.231. The van der Waals surface area contributed by atoms with Crippen LogP contribution in [0.3, 0.4) is 0 Å². The molecule has 7 heteroatoms. The number of carbonyl (C=O) groups excluding carboxylic acids is 2. The van der Waals surface area contributed by atoms with E-state index in [9.17, 15) is 14.7 Å². The maximum atomic E-state index is 13.4. The molecule has 170 valence electrons. The van der Waals surface area contributed by atoms with Crippen molar-refractivity contribution in [2.75, 3.05) is 30.0 Å². The minimum atomic E-state index is -0.744. The summed E-state index contributed by atoms with van der Waals surface area (Å²) in [5.41, 5.74) is 2.47. The number of Topliss-reactive ketones (excluding diaryl/α,β-unsaturated/α-hetero) is 1. The lowest BCUT2D eigenvalue weighted by Gasteiger charge is -2.28. The second kappa shape index (κ2) is 9.50. The van der Waals surface area contributed by atoms with E-state index < -0.39 is 17.7 Å². The average Bonchev–Trinajstić information content (AvgIpc) is 3.48. The lowest BCUT2D eigenvalue weighted by molar-refractivity contribution is -0.117. The zero-order chi connectivity index (χ0) is 23.5. The normalized spacial score (nSPS) is 15.8. The average molecular weight is 463 g/mol. The largest absolute Gasteiger partial charge is 0.503 e. The van der Waals surface area contributed by atoms with Crippen molar-refractivity contribution >= 4 is 34.4 Å². The van der Waals surface area contributed by atoms with Crippen molar-refractivity contribution in [2.24, 2.45) is 0 Å². The summed E-state index contributed by atoms with van der Waals surface area (Å²) in [5.74, 6) is -0.804. The Bertz CT molecular complexity index is 1160. The van der Waals surface area contributed by atoms with Crippen molar-refractivity contribution < 1.29 is 19.4 Å². The first-order valence-corrected chi connectivity index (χ1v) is 11.7. The van der Waals surface area contributed by atoms with Crippen LogP contribution in [-0.4, -0.2) is 37.0 Å². The van der Waals surface area contributed by atoms with E-state index in [-0.39, 0.29) is 11.4 Å². The molecule has 1 unspecified atom stereocenters. The highest BCUT2D eigenvalue weighted by atomic mass is 32.1. The van der Waals surface area contributed by atoms with Gasteiger partial charge in [-0.2, -0.15) is 0 Å². The highest BCUT2D eigenvalue weighted by Crippen LogP contribution is 2.43. The van der Waals surface area contributed by atoms with E-state index in [2.05, 4.69) is 18.7 Å². The molecular formula is C26H26N2O4S. The summed E-state index contributed by atoms with van der Waals surface area (Å²) < 4.78 is 5.24. The Hall–Kier alpha value is -3.58.